The highest BCUT2D eigenvalue weighted by molar-refractivity contribution is 5.89. The highest BCUT2D eigenvalue weighted by atomic mass is 16.1. The van der Waals surface area contributed by atoms with Gasteiger partial charge in [0, 0.05) is 0 Å². The van der Waals surface area contributed by atoms with Crippen molar-refractivity contribution in [2.75, 3.05) is 0 Å². The van der Waals surface area contributed by atoms with Crippen molar-refractivity contribution >= 4 is 12.0 Å². The van der Waals surface area contributed by atoms with Crippen LogP contribution in [0.2, 0.25) is 0 Å². The van der Waals surface area contributed by atoms with E-state index in [1.807, 2.05) is 24.3 Å². The molecule has 1 atom stereocenters. The molecule has 1 amide bonds. The van der Waals surface area contributed by atoms with Crippen molar-refractivity contribution in [3.05, 3.63) is 64.8 Å². The molecule has 90 valence electrons. The maximum absolute atomic E-state index is 11.9. The molecule has 2 aliphatic rings. The number of amides is 1. The maximum Gasteiger partial charge on any atom is 0.229 e. The van der Waals surface area contributed by atoms with Crippen molar-refractivity contribution in [1.29, 1.82) is 0 Å². The van der Waals surface area contributed by atoms with Gasteiger partial charge in [-0.25, -0.2) is 0 Å². The first-order valence-corrected chi connectivity index (χ1v) is 6.24. The minimum absolute atomic E-state index is 0.273. The lowest BCUT2D eigenvalue weighted by atomic mass is 9.83. The second kappa shape index (κ2) is 4.30. The summed E-state index contributed by atoms with van der Waals surface area (Å²) < 4.78 is 0. The maximum atomic E-state index is 11.9. The van der Waals surface area contributed by atoms with Crippen LogP contribution in [0.25, 0.3) is 6.08 Å². The van der Waals surface area contributed by atoms with E-state index in [0.29, 0.717) is 0 Å². The third-order valence-electron chi connectivity index (χ3n) is 3.57. The molecule has 0 aliphatic heterocycles. The lowest BCUT2D eigenvalue weighted by Gasteiger charge is -2.20. The number of benzene rings is 1. The third-order valence-corrected chi connectivity index (χ3v) is 3.57. The smallest absolute Gasteiger partial charge is 0.229 e. The van der Waals surface area contributed by atoms with Crippen molar-refractivity contribution in [2.45, 2.75) is 18.8 Å². The molecule has 3 rings (SSSR count). The van der Waals surface area contributed by atoms with Gasteiger partial charge in [-0.2, -0.15) is 0 Å². The van der Waals surface area contributed by atoms with Gasteiger partial charge in [0.05, 0.1) is 5.92 Å². The Labute approximate surface area is 107 Å². The number of carbonyl (C=O) groups is 1. The van der Waals surface area contributed by atoms with Crippen LogP contribution in [0.5, 0.6) is 0 Å². The highest BCUT2D eigenvalue weighted by Gasteiger charge is 2.28. The Balaban J connectivity index is 2.23. The molecule has 0 saturated heterocycles. The van der Waals surface area contributed by atoms with Gasteiger partial charge in [-0.1, -0.05) is 48.6 Å². The number of nitrogens with two attached hydrogens (primary N) is 1. The van der Waals surface area contributed by atoms with Crippen LogP contribution < -0.4 is 5.73 Å². The predicted octanol–water partition coefficient (Wildman–Crippen LogP) is 2.93. The lowest BCUT2D eigenvalue weighted by molar-refractivity contribution is -0.118. The second-order valence-corrected chi connectivity index (χ2v) is 4.69. The minimum atomic E-state index is -0.317. The minimum Gasteiger partial charge on any atom is -0.369 e. The first kappa shape index (κ1) is 11.0. The number of carbonyl (C=O) groups excluding carboxylic acids is 1. The zero-order valence-electron chi connectivity index (χ0n) is 10.1. The van der Waals surface area contributed by atoms with E-state index in [1.165, 1.54) is 0 Å². The quantitative estimate of drug-likeness (QED) is 0.801. The van der Waals surface area contributed by atoms with Gasteiger partial charge in [-0.15, -0.1) is 0 Å². The monoisotopic (exact) mass is 237 g/mol. The van der Waals surface area contributed by atoms with Gasteiger partial charge in [-0.3, -0.25) is 4.79 Å². The Bertz CT molecular complexity index is 593. The van der Waals surface area contributed by atoms with E-state index in [1.54, 1.807) is 0 Å². The SMILES string of the molecule is NC(=O)C1C2=CCCC=C2C=Cc2ccccc21. The first-order valence-electron chi connectivity index (χ1n) is 6.24. The van der Waals surface area contributed by atoms with Gasteiger partial charge in [0.15, 0.2) is 0 Å². The number of fused-ring (bicyclic) bond motifs is 2. The van der Waals surface area contributed by atoms with E-state index in [4.69, 9.17) is 5.73 Å². The summed E-state index contributed by atoms with van der Waals surface area (Å²) in [4.78, 5) is 11.9. The van der Waals surface area contributed by atoms with Gasteiger partial charge in [-0.05, 0) is 35.1 Å². The molecule has 2 heteroatoms. The number of hydrogen-bond donors (Lipinski definition) is 1. The fraction of sp³-hybridized carbons (Fsp3) is 0.188. The van der Waals surface area contributed by atoms with E-state index < -0.39 is 0 Å². The predicted molar refractivity (Wildman–Crippen MR) is 72.8 cm³/mol. The molecule has 1 aromatic carbocycles. The Hall–Kier alpha value is -2.09. The van der Waals surface area contributed by atoms with Crippen molar-refractivity contribution in [2.24, 2.45) is 5.73 Å². The molecule has 0 spiro atoms. The number of hydrogen-bond acceptors (Lipinski definition) is 1. The molecule has 0 saturated carbocycles. The number of allylic oxidation sites excluding steroid dienone is 4. The Morgan fingerprint density at radius 1 is 1.11 bits per heavy atom. The molecule has 0 bridgehead atoms. The van der Waals surface area contributed by atoms with E-state index in [2.05, 4.69) is 24.3 Å². The van der Waals surface area contributed by atoms with Crippen molar-refractivity contribution in [1.82, 2.24) is 0 Å². The Kier molecular flexibility index (Phi) is 2.63. The summed E-state index contributed by atoms with van der Waals surface area (Å²) >= 11 is 0. The van der Waals surface area contributed by atoms with Crippen LogP contribution in [0.15, 0.2) is 53.6 Å². The van der Waals surface area contributed by atoms with Gasteiger partial charge in [0.25, 0.3) is 0 Å². The summed E-state index contributed by atoms with van der Waals surface area (Å²) in [5.41, 5.74) is 9.92. The summed E-state index contributed by atoms with van der Waals surface area (Å²) in [5.74, 6) is -0.590. The molecular formula is C16H15NO. The van der Waals surface area contributed by atoms with E-state index in [-0.39, 0.29) is 11.8 Å². The van der Waals surface area contributed by atoms with Crippen LogP contribution in [0, 0.1) is 0 Å². The molecule has 2 N–H and O–H groups in total. The highest BCUT2D eigenvalue weighted by Crippen LogP contribution is 2.38. The molecule has 18 heavy (non-hydrogen) atoms. The van der Waals surface area contributed by atoms with Gasteiger partial charge in [0.2, 0.25) is 5.91 Å². The Morgan fingerprint density at radius 3 is 2.72 bits per heavy atom. The molecular weight excluding hydrogens is 222 g/mol. The first-order chi connectivity index (χ1) is 8.77. The number of primary amides is 1. The van der Waals surface area contributed by atoms with Crippen LogP contribution in [0.3, 0.4) is 0 Å². The fourth-order valence-electron chi connectivity index (χ4n) is 2.74. The largest absolute Gasteiger partial charge is 0.369 e. The zero-order valence-corrected chi connectivity index (χ0v) is 10.1. The summed E-state index contributed by atoms with van der Waals surface area (Å²) in [6, 6.07) is 7.97. The average Bonchev–Trinajstić information content (AvgIpc) is 2.55. The van der Waals surface area contributed by atoms with Crippen LogP contribution in [0.4, 0.5) is 0 Å². The van der Waals surface area contributed by atoms with E-state index in [0.717, 1.165) is 35.1 Å². The topological polar surface area (TPSA) is 43.1 Å². The summed E-state index contributed by atoms with van der Waals surface area (Å²) in [5, 5.41) is 0. The van der Waals surface area contributed by atoms with Crippen LogP contribution >= 0.6 is 0 Å². The molecule has 1 unspecified atom stereocenters. The standard InChI is InChI=1S/C16H15NO/c17-16(18)15-13-7-3-1-5-11(13)9-10-12-6-2-4-8-14(12)15/h1,3,5-10,15H,2,4H2,(H2,17,18). The summed E-state index contributed by atoms with van der Waals surface area (Å²) in [6.07, 6.45) is 10.5. The fourth-order valence-corrected chi connectivity index (χ4v) is 2.74. The average molecular weight is 237 g/mol. The second-order valence-electron chi connectivity index (χ2n) is 4.69. The third kappa shape index (κ3) is 1.70. The molecule has 1 aromatic rings. The lowest BCUT2D eigenvalue weighted by Crippen LogP contribution is -2.24. The molecule has 0 radical (unpaired) electrons. The summed E-state index contributed by atoms with van der Waals surface area (Å²) in [6.45, 7) is 0. The van der Waals surface area contributed by atoms with E-state index >= 15 is 0 Å². The molecule has 2 aliphatic carbocycles. The normalized spacial score (nSPS) is 21.2. The molecule has 0 heterocycles. The molecule has 2 nitrogen and oxygen atoms in total. The van der Waals surface area contributed by atoms with Crippen molar-refractivity contribution in [3.8, 4) is 0 Å². The van der Waals surface area contributed by atoms with Crippen LogP contribution in [-0.2, 0) is 4.79 Å². The van der Waals surface area contributed by atoms with Crippen molar-refractivity contribution < 1.29 is 4.79 Å². The molecule has 0 aromatic heterocycles. The van der Waals surface area contributed by atoms with Crippen LogP contribution in [-0.4, -0.2) is 5.91 Å². The van der Waals surface area contributed by atoms with Crippen LogP contribution in [0.1, 0.15) is 29.9 Å². The summed E-state index contributed by atoms with van der Waals surface area (Å²) in [7, 11) is 0. The molecule has 0 fully saturated rings. The van der Waals surface area contributed by atoms with E-state index in [9.17, 15) is 4.79 Å². The number of rotatable bonds is 1. The Morgan fingerprint density at radius 2 is 1.89 bits per heavy atom. The zero-order chi connectivity index (χ0) is 12.5. The van der Waals surface area contributed by atoms with Gasteiger partial charge < -0.3 is 5.73 Å². The van der Waals surface area contributed by atoms with Gasteiger partial charge >= 0.3 is 0 Å². The van der Waals surface area contributed by atoms with Crippen molar-refractivity contribution in [3.63, 3.8) is 0 Å². The van der Waals surface area contributed by atoms with Gasteiger partial charge in [0.1, 0.15) is 0 Å².